The lowest BCUT2D eigenvalue weighted by atomic mass is 10.1. The average molecular weight is 311 g/mol. The van der Waals surface area contributed by atoms with Crippen molar-refractivity contribution in [3.05, 3.63) is 34.3 Å². The molecule has 4 N–H and O–H groups in total. The third-order valence-electron chi connectivity index (χ3n) is 3.82. The van der Waals surface area contributed by atoms with Crippen LogP contribution in [-0.4, -0.2) is 60.1 Å². The summed E-state index contributed by atoms with van der Waals surface area (Å²) in [5.74, 6) is 0.0190. The lowest BCUT2D eigenvalue weighted by Gasteiger charge is -2.27. The van der Waals surface area contributed by atoms with Crippen LogP contribution >= 0.6 is 11.6 Å². The SMILES string of the molecule is CN(C)CC1CC(O)CN1Cc1ccc(C(=N)N)cc1Cl. The highest BCUT2D eigenvalue weighted by Crippen LogP contribution is 2.25. The number of amidine groups is 1. The molecule has 116 valence electrons. The van der Waals surface area contributed by atoms with Gasteiger partial charge in [-0.05, 0) is 32.1 Å². The number of aliphatic hydroxyl groups is 1. The lowest BCUT2D eigenvalue weighted by molar-refractivity contribution is 0.169. The van der Waals surface area contributed by atoms with Crippen molar-refractivity contribution in [3.8, 4) is 0 Å². The molecule has 1 saturated heterocycles. The molecular weight excluding hydrogens is 288 g/mol. The molecule has 21 heavy (non-hydrogen) atoms. The highest BCUT2D eigenvalue weighted by atomic mass is 35.5. The van der Waals surface area contributed by atoms with Gasteiger partial charge in [-0.2, -0.15) is 0 Å². The van der Waals surface area contributed by atoms with Crippen molar-refractivity contribution in [2.24, 2.45) is 5.73 Å². The number of benzene rings is 1. The van der Waals surface area contributed by atoms with Crippen LogP contribution in [0.3, 0.4) is 0 Å². The molecule has 6 heteroatoms. The second kappa shape index (κ2) is 6.75. The predicted octanol–water partition coefficient (Wildman–Crippen LogP) is 1.12. The summed E-state index contributed by atoms with van der Waals surface area (Å²) < 4.78 is 0. The fraction of sp³-hybridized carbons (Fsp3) is 0.533. The molecule has 0 radical (unpaired) electrons. The number of aliphatic hydroxyl groups excluding tert-OH is 1. The molecule has 1 aromatic carbocycles. The molecule has 0 spiro atoms. The van der Waals surface area contributed by atoms with E-state index in [4.69, 9.17) is 22.7 Å². The predicted molar refractivity (Wildman–Crippen MR) is 85.8 cm³/mol. The molecule has 2 rings (SSSR count). The van der Waals surface area contributed by atoms with Crippen LogP contribution in [0.2, 0.25) is 5.02 Å². The van der Waals surface area contributed by atoms with Gasteiger partial charge < -0.3 is 15.7 Å². The minimum atomic E-state index is -0.273. The smallest absolute Gasteiger partial charge is 0.122 e. The van der Waals surface area contributed by atoms with Gasteiger partial charge >= 0.3 is 0 Å². The van der Waals surface area contributed by atoms with Gasteiger partial charge in [0.25, 0.3) is 0 Å². The van der Waals surface area contributed by atoms with Gasteiger partial charge in [0, 0.05) is 36.3 Å². The molecule has 5 nitrogen and oxygen atoms in total. The molecule has 2 atom stereocenters. The molecule has 1 aromatic rings. The van der Waals surface area contributed by atoms with E-state index in [1.165, 1.54) is 0 Å². The van der Waals surface area contributed by atoms with Crippen LogP contribution < -0.4 is 5.73 Å². The number of β-amino-alcohol motifs (C(OH)–C–C–N with tert-alkyl or cyclic N) is 1. The van der Waals surface area contributed by atoms with Crippen molar-refractivity contribution >= 4 is 17.4 Å². The first kappa shape index (κ1) is 16.2. The minimum absolute atomic E-state index is 0.0190. The molecular formula is C15H23ClN4O. The van der Waals surface area contributed by atoms with Crippen molar-refractivity contribution in [2.45, 2.75) is 25.1 Å². The summed E-state index contributed by atoms with van der Waals surface area (Å²) in [6.45, 7) is 2.29. The quantitative estimate of drug-likeness (QED) is 0.563. The van der Waals surface area contributed by atoms with Gasteiger partial charge in [0.2, 0.25) is 0 Å². The Morgan fingerprint density at radius 1 is 1.52 bits per heavy atom. The van der Waals surface area contributed by atoms with E-state index in [9.17, 15) is 5.11 Å². The molecule has 2 unspecified atom stereocenters. The van der Waals surface area contributed by atoms with E-state index in [2.05, 4.69) is 9.80 Å². The zero-order valence-corrected chi connectivity index (χ0v) is 13.3. The number of likely N-dealkylation sites (N-methyl/N-ethyl adjacent to an activating group) is 1. The summed E-state index contributed by atoms with van der Waals surface area (Å²) >= 11 is 6.29. The summed E-state index contributed by atoms with van der Waals surface area (Å²) in [5, 5.41) is 18.0. The van der Waals surface area contributed by atoms with Crippen LogP contribution in [0.5, 0.6) is 0 Å². The van der Waals surface area contributed by atoms with Crippen molar-refractivity contribution in [2.75, 3.05) is 27.2 Å². The van der Waals surface area contributed by atoms with E-state index in [0.29, 0.717) is 29.7 Å². The molecule has 0 amide bonds. The summed E-state index contributed by atoms with van der Waals surface area (Å²) in [6, 6.07) is 5.79. The number of nitrogen functional groups attached to an aromatic ring is 1. The zero-order valence-electron chi connectivity index (χ0n) is 12.5. The second-order valence-electron chi connectivity index (χ2n) is 5.95. The molecule has 0 bridgehead atoms. The van der Waals surface area contributed by atoms with Gasteiger partial charge in [0.05, 0.1) is 6.10 Å². The Morgan fingerprint density at radius 2 is 2.24 bits per heavy atom. The first-order valence-corrected chi connectivity index (χ1v) is 7.44. The van der Waals surface area contributed by atoms with E-state index in [-0.39, 0.29) is 11.9 Å². The van der Waals surface area contributed by atoms with Gasteiger partial charge in [-0.25, -0.2) is 0 Å². The Kier molecular flexibility index (Phi) is 5.22. The highest BCUT2D eigenvalue weighted by molar-refractivity contribution is 6.31. The number of nitrogens with one attached hydrogen (secondary N) is 1. The van der Waals surface area contributed by atoms with E-state index < -0.39 is 0 Å². The minimum Gasteiger partial charge on any atom is -0.392 e. The summed E-state index contributed by atoms with van der Waals surface area (Å²) in [6.07, 6.45) is 0.520. The number of likely N-dealkylation sites (tertiary alicyclic amines) is 1. The molecule has 1 aliphatic heterocycles. The van der Waals surface area contributed by atoms with Gasteiger partial charge in [-0.3, -0.25) is 10.3 Å². The molecule has 1 aliphatic rings. The van der Waals surface area contributed by atoms with E-state index in [0.717, 1.165) is 18.5 Å². The normalized spacial score (nSPS) is 22.9. The third-order valence-corrected chi connectivity index (χ3v) is 4.17. The fourth-order valence-electron chi connectivity index (χ4n) is 2.82. The van der Waals surface area contributed by atoms with Crippen LogP contribution in [0, 0.1) is 5.41 Å². The van der Waals surface area contributed by atoms with Gasteiger partial charge in [-0.1, -0.05) is 23.7 Å². The fourth-order valence-corrected chi connectivity index (χ4v) is 3.06. The molecule has 1 heterocycles. The number of nitrogens with zero attached hydrogens (tertiary/aromatic N) is 2. The molecule has 0 saturated carbocycles. The Balaban J connectivity index is 2.11. The largest absolute Gasteiger partial charge is 0.392 e. The molecule has 0 aliphatic carbocycles. The Bertz CT molecular complexity index is 520. The molecule has 0 aromatic heterocycles. The number of hydrogen-bond donors (Lipinski definition) is 3. The number of nitrogens with two attached hydrogens (primary N) is 1. The molecule has 1 fully saturated rings. The van der Waals surface area contributed by atoms with E-state index in [1.54, 1.807) is 6.07 Å². The highest BCUT2D eigenvalue weighted by Gasteiger charge is 2.31. The summed E-state index contributed by atoms with van der Waals surface area (Å²) in [5.41, 5.74) is 7.10. The van der Waals surface area contributed by atoms with E-state index in [1.807, 2.05) is 26.2 Å². The first-order chi connectivity index (χ1) is 9.86. The number of rotatable bonds is 5. The van der Waals surface area contributed by atoms with E-state index >= 15 is 0 Å². The lowest BCUT2D eigenvalue weighted by Crippen LogP contribution is -2.37. The third kappa shape index (κ3) is 4.17. The number of halogens is 1. The summed E-state index contributed by atoms with van der Waals surface area (Å²) in [4.78, 5) is 4.40. The van der Waals surface area contributed by atoms with Crippen LogP contribution in [0.15, 0.2) is 18.2 Å². The summed E-state index contributed by atoms with van der Waals surface area (Å²) in [7, 11) is 4.08. The van der Waals surface area contributed by atoms with Crippen molar-refractivity contribution in [3.63, 3.8) is 0 Å². The Morgan fingerprint density at radius 3 is 2.81 bits per heavy atom. The maximum atomic E-state index is 9.91. The van der Waals surface area contributed by atoms with Crippen molar-refractivity contribution in [1.29, 1.82) is 5.41 Å². The van der Waals surface area contributed by atoms with Crippen LogP contribution in [-0.2, 0) is 6.54 Å². The standard InChI is InChI=1S/C15H23ClN4O/c1-19(2)8-12-6-13(21)9-20(12)7-11-4-3-10(15(17)18)5-14(11)16/h3-5,12-13,21H,6-9H2,1-2H3,(H3,17,18). The Labute approximate surface area is 130 Å². The van der Waals surface area contributed by atoms with Crippen LogP contribution in [0.25, 0.3) is 0 Å². The van der Waals surface area contributed by atoms with Gasteiger partial charge in [0.1, 0.15) is 5.84 Å². The maximum Gasteiger partial charge on any atom is 0.122 e. The van der Waals surface area contributed by atoms with Crippen molar-refractivity contribution < 1.29 is 5.11 Å². The first-order valence-electron chi connectivity index (χ1n) is 7.06. The van der Waals surface area contributed by atoms with Gasteiger partial charge in [-0.15, -0.1) is 0 Å². The van der Waals surface area contributed by atoms with Crippen molar-refractivity contribution in [1.82, 2.24) is 9.80 Å². The topological polar surface area (TPSA) is 76.6 Å². The second-order valence-corrected chi connectivity index (χ2v) is 6.36. The average Bonchev–Trinajstić information content (AvgIpc) is 2.70. The van der Waals surface area contributed by atoms with Crippen LogP contribution in [0.4, 0.5) is 0 Å². The zero-order chi connectivity index (χ0) is 15.6. The monoisotopic (exact) mass is 310 g/mol. The van der Waals surface area contributed by atoms with Gasteiger partial charge in [0.15, 0.2) is 0 Å². The Hall–Kier alpha value is -1.14. The number of hydrogen-bond acceptors (Lipinski definition) is 4. The maximum absolute atomic E-state index is 9.91. The van der Waals surface area contributed by atoms with Crippen LogP contribution in [0.1, 0.15) is 17.5 Å².